The minimum Gasteiger partial charge on any atom is -0.352 e. The SMILES string of the molecule is Cc1nc(-c2ccc(F)cc2)sc1C(=O)NCCC(=O)NCc1ccncc1. The van der Waals surface area contributed by atoms with Gasteiger partial charge in [-0.25, -0.2) is 9.37 Å². The number of hydrogen-bond acceptors (Lipinski definition) is 5. The molecule has 0 aliphatic rings. The van der Waals surface area contributed by atoms with Gasteiger partial charge in [-0.15, -0.1) is 11.3 Å². The van der Waals surface area contributed by atoms with Crippen LogP contribution in [0.3, 0.4) is 0 Å². The number of aromatic nitrogens is 2. The monoisotopic (exact) mass is 398 g/mol. The molecule has 1 aromatic carbocycles. The Kier molecular flexibility index (Phi) is 6.44. The zero-order chi connectivity index (χ0) is 19.9. The normalized spacial score (nSPS) is 10.5. The van der Waals surface area contributed by atoms with Gasteiger partial charge in [0.1, 0.15) is 15.7 Å². The predicted octanol–water partition coefficient (Wildman–Crippen LogP) is 3.09. The van der Waals surface area contributed by atoms with E-state index in [2.05, 4.69) is 20.6 Å². The lowest BCUT2D eigenvalue weighted by atomic mass is 10.2. The Balaban J connectivity index is 1.49. The molecule has 144 valence electrons. The van der Waals surface area contributed by atoms with Gasteiger partial charge in [0.15, 0.2) is 0 Å². The molecule has 0 fully saturated rings. The van der Waals surface area contributed by atoms with Gasteiger partial charge < -0.3 is 10.6 Å². The molecule has 0 radical (unpaired) electrons. The molecule has 2 aromatic heterocycles. The van der Waals surface area contributed by atoms with E-state index >= 15 is 0 Å². The number of benzene rings is 1. The fourth-order valence-electron chi connectivity index (χ4n) is 2.48. The minimum atomic E-state index is -0.322. The van der Waals surface area contributed by atoms with Crippen molar-refractivity contribution in [3.63, 3.8) is 0 Å². The van der Waals surface area contributed by atoms with E-state index in [1.165, 1.54) is 23.5 Å². The number of nitrogens with one attached hydrogen (secondary N) is 2. The summed E-state index contributed by atoms with van der Waals surface area (Å²) >= 11 is 1.24. The highest BCUT2D eigenvalue weighted by Crippen LogP contribution is 2.27. The van der Waals surface area contributed by atoms with Gasteiger partial charge in [0.05, 0.1) is 5.69 Å². The fourth-order valence-corrected chi connectivity index (χ4v) is 3.47. The summed E-state index contributed by atoms with van der Waals surface area (Å²) in [7, 11) is 0. The maximum atomic E-state index is 13.1. The van der Waals surface area contributed by atoms with E-state index in [0.717, 1.165) is 11.1 Å². The van der Waals surface area contributed by atoms with Gasteiger partial charge in [-0.1, -0.05) is 0 Å². The summed E-state index contributed by atoms with van der Waals surface area (Å²) in [6, 6.07) is 9.62. The largest absolute Gasteiger partial charge is 0.352 e. The van der Waals surface area contributed by atoms with Gasteiger partial charge in [0.25, 0.3) is 5.91 Å². The fraction of sp³-hybridized carbons (Fsp3) is 0.200. The Bertz CT molecular complexity index is 958. The number of carbonyl (C=O) groups excluding carboxylic acids is 2. The van der Waals surface area contributed by atoms with Crippen molar-refractivity contribution in [2.24, 2.45) is 0 Å². The van der Waals surface area contributed by atoms with Crippen LogP contribution in [-0.2, 0) is 11.3 Å². The van der Waals surface area contributed by atoms with Gasteiger partial charge in [-0.2, -0.15) is 0 Å². The van der Waals surface area contributed by atoms with Crippen LogP contribution in [0.4, 0.5) is 4.39 Å². The van der Waals surface area contributed by atoms with Crippen LogP contribution in [0.25, 0.3) is 10.6 Å². The van der Waals surface area contributed by atoms with E-state index in [-0.39, 0.29) is 30.6 Å². The second kappa shape index (κ2) is 9.18. The van der Waals surface area contributed by atoms with E-state index in [1.807, 2.05) is 12.1 Å². The summed E-state index contributed by atoms with van der Waals surface area (Å²) in [5.41, 5.74) is 2.31. The predicted molar refractivity (Wildman–Crippen MR) is 105 cm³/mol. The molecule has 3 aromatic rings. The zero-order valence-electron chi connectivity index (χ0n) is 15.2. The molecule has 3 rings (SSSR count). The second-order valence-corrected chi connectivity index (χ2v) is 7.08. The van der Waals surface area contributed by atoms with Gasteiger partial charge in [-0.05, 0) is 48.9 Å². The molecule has 2 N–H and O–H groups in total. The number of carbonyl (C=O) groups is 2. The first-order valence-corrected chi connectivity index (χ1v) is 9.52. The second-order valence-electron chi connectivity index (χ2n) is 6.08. The highest BCUT2D eigenvalue weighted by molar-refractivity contribution is 7.17. The topological polar surface area (TPSA) is 84.0 Å². The summed E-state index contributed by atoms with van der Waals surface area (Å²) in [5.74, 6) is -0.743. The molecule has 28 heavy (non-hydrogen) atoms. The van der Waals surface area contributed by atoms with Crippen molar-refractivity contribution in [3.05, 3.63) is 70.7 Å². The maximum absolute atomic E-state index is 13.1. The van der Waals surface area contributed by atoms with E-state index < -0.39 is 0 Å². The van der Waals surface area contributed by atoms with Crippen LogP contribution in [0.15, 0.2) is 48.8 Å². The number of aryl methyl sites for hydroxylation is 1. The number of hydrogen-bond donors (Lipinski definition) is 2. The minimum absolute atomic E-state index is 0.148. The highest BCUT2D eigenvalue weighted by Gasteiger charge is 2.16. The molecule has 0 saturated heterocycles. The first-order chi connectivity index (χ1) is 13.5. The lowest BCUT2D eigenvalue weighted by Gasteiger charge is -2.06. The molecule has 0 bridgehead atoms. The van der Waals surface area contributed by atoms with Gasteiger partial charge in [0.2, 0.25) is 5.91 Å². The summed E-state index contributed by atoms with van der Waals surface area (Å²) in [5, 5.41) is 6.19. The summed E-state index contributed by atoms with van der Waals surface area (Å²) in [6.07, 6.45) is 3.51. The number of nitrogens with zero attached hydrogens (tertiary/aromatic N) is 2. The van der Waals surface area contributed by atoms with Crippen LogP contribution in [0.2, 0.25) is 0 Å². The van der Waals surface area contributed by atoms with Crippen LogP contribution >= 0.6 is 11.3 Å². The quantitative estimate of drug-likeness (QED) is 0.641. The van der Waals surface area contributed by atoms with Crippen molar-refractivity contribution >= 4 is 23.2 Å². The number of amides is 2. The third-order valence-corrected chi connectivity index (χ3v) is 5.18. The summed E-state index contributed by atoms with van der Waals surface area (Å²) < 4.78 is 13.1. The third-order valence-electron chi connectivity index (χ3n) is 3.97. The standard InChI is InChI=1S/C20H19FN4O2S/c1-13-18(28-20(25-13)15-2-4-16(21)5-3-15)19(27)23-11-8-17(26)24-12-14-6-9-22-10-7-14/h2-7,9-10H,8,11-12H2,1H3,(H,23,27)(H,24,26). The average molecular weight is 398 g/mol. The Morgan fingerprint density at radius 3 is 2.50 bits per heavy atom. The van der Waals surface area contributed by atoms with Gasteiger partial charge in [-0.3, -0.25) is 14.6 Å². The molecule has 8 heteroatoms. The van der Waals surface area contributed by atoms with E-state index in [4.69, 9.17) is 0 Å². The summed E-state index contributed by atoms with van der Waals surface area (Å²) in [4.78, 5) is 33.1. The van der Waals surface area contributed by atoms with Crippen molar-refractivity contribution in [1.29, 1.82) is 0 Å². The number of halogens is 1. The zero-order valence-corrected chi connectivity index (χ0v) is 16.1. The van der Waals surface area contributed by atoms with Crippen molar-refractivity contribution in [1.82, 2.24) is 20.6 Å². The van der Waals surface area contributed by atoms with Crippen LogP contribution < -0.4 is 10.6 Å². The molecule has 0 aliphatic heterocycles. The first-order valence-electron chi connectivity index (χ1n) is 8.70. The maximum Gasteiger partial charge on any atom is 0.263 e. The van der Waals surface area contributed by atoms with Crippen molar-refractivity contribution in [3.8, 4) is 10.6 Å². The molecule has 2 amide bonds. The van der Waals surface area contributed by atoms with Crippen LogP contribution in [0.1, 0.15) is 27.3 Å². The smallest absolute Gasteiger partial charge is 0.263 e. The van der Waals surface area contributed by atoms with Crippen LogP contribution in [-0.4, -0.2) is 28.3 Å². The molecule has 0 saturated carbocycles. The number of thiazole rings is 1. The van der Waals surface area contributed by atoms with Crippen molar-refractivity contribution in [2.75, 3.05) is 6.54 Å². The number of pyridine rings is 1. The molecule has 2 heterocycles. The van der Waals surface area contributed by atoms with Crippen LogP contribution in [0, 0.1) is 12.7 Å². The molecule has 0 atom stereocenters. The molecule has 0 aliphatic carbocycles. The third kappa shape index (κ3) is 5.20. The Morgan fingerprint density at radius 1 is 1.07 bits per heavy atom. The van der Waals surface area contributed by atoms with Crippen LogP contribution in [0.5, 0.6) is 0 Å². The molecule has 0 unspecified atom stereocenters. The van der Waals surface area contributed by atoms with Crippen molar-refractivity contribution in [2.45, 2.75) is 19.9 Å². The Morgan fingerprint density at radius 2 is 1.79 bits per heavy atom. The first kappa shape index (κ1) is 19.6. The lowest BCUT2D eigenvalue weighted by Crippen LogP contribution is -2.30. The highest BCUT2D eigenvalue weighted by atomic mass is 32.1. The van der Waals surface area contributed by atoms with E-state index in [9.17, 15) is 14.0 Å². The molecular weight excluding hydrogens is 379 g/mol. The van der Waals surface area contributed by atoms with E-state index in [1.54, 1.807) is 31.5 Å². The summed E-state index contributed by atoms with van der Waals surface area (Å²) in [6.45, 7) is 2.40. The Hall–Kier alpha value is -3.13. The van der Waals surface area contributed by atoms with Gasteiger partial charge >= 0.3 is 0 Å². The van der Waals surface area contributed by atoms with E-state index in [0.29, 0.717) is 22.1 Å². The number of rotatable bonds is 7. The van der Waals surface area contributed by atoms with Crippen molar-refractivity contribution < 1.29 is 14.0 Å². The lowest BCUT2D eigenvalue weighted by molar-refractivity contribution is -0.121. The molecule has 6 nitrogen and oxygen atoms in total. The van der Waals surface area contributed by atoms with Gasteiger partial charge in [0, 0.05) is 37.5 Å². The average Bonchev–Trinajstić information content (AvgIpc) is 3.09. The Labute approximate surface area is 165 Å². The molecular formula is C20H19FN4O2S. The molecule has 0 spiro atoms.